The average Bonchev–Trinajstić information content (AvgIpc) is 2.68. The van der Waals surface area contributed by atoms with Gasteiger partial charge in [0.05, 0.1) is 12.7 Å². The zero-order valence-corrected chi connectivity index (χ0v) is 15.3. The van der Waals surface area contributed by atoms with Gasteiger partial charge in [0.2, 0.25) is 0 Å². The molecule has 0 aromatic heterocycles. The van der Waals surface area contributed by atoms with E-state index in [1.807, 2.05) is 16.7 Å². The highest BCUT2D eigenvalue weighted by Gasteiger charge is 2.27. The van der Waals surface area contributed by atoms with E-state index >= 15 is 0 Å². The predicted octanol–water partition coefficient (Wildman–Crippen LogP) is 2.61. The Labute approximate surface area is 153 Å². The molecular weight excluding hydrogens is 336 g/mol. The molecule has 25 heavy (non-hydrogen) atoms. The molecule has 3 rings (SSSR count). The number of carbonyl (C=O) groups is 1. The monoisotopic (exact) mass is 360 g/mol. The molecule has 0 atom stereocenters. The van der Waals surface area contributed by atoms with Gasteiger partial charge in [-0.2, -0.15) is 17.0 Å². The van der Waals surface area contributed by atoms with E-state index in [1.165, 1.54) is 31.5 Å². The van der Waals surface area contributed by atoms with Gasteiger partial charge in [-0.1, -0.05) is 0 Å². The van der Waals surface area contributed by atoms with Gasteiger partial charge in [-0.25, -0.2) is 4.79 Å². The summed E-state index contributed by atoms with van der Waals surface area (Å²) in [5, 5.41) is 12.0. The van der Waals surface area contributed by atoms with Crippen LogP contribution in [-0.2, 0) is 0 Å². The Morgan fingerprint density at radius 1 is 1.28 bits per heavy atom. The van der Waals surface area contributed by atoms with Crippen LogP contribution in [0.25, 0.3) is 0 Å². The Hall–Kier alpha value is -1.91. The highest BCUT2D eigenvalue weighted by Crippen LogP contribution is 2.24. The lowest BCUT2D eigenvalue weighted by Crippen LogP contribution is -2.53. The van der Waals surface area contributed by atoms with E-state index in [2.05, 4.69) is 16.3 Å². The van der Waals surface area contributed by atoms with Crippen LogP contribution in [0, 0.1) is 11.3 Å². The molecule has 0 bridgehead atoms. The summed E-state index contributed by atoms with van der Waals surface area (Å²) in [4.78, 5) is 16.9. The van der Waals surface area contributed by atoms with Gasteiger partial charge in [0.15, 0.2) is 0 Å². The summed E-state index contributed by atoms with van der Waals surface area (Å²) >= 11 is 2.04. The largest absolute Gasteiger partial charge is 0.495 e. The molecule has 134 valence electrons. The number of hydrogen-bond acceptors (Lipinski definition) is 5. The van der Waals surface area contributed by atoms with Crippen molar-refractivity contribution in [2.24, 2.45) is 0 Å². The average molecular weight is 360 g/mol. The van der Waals surface area contributed by atoms with Gasteiger partial charge in [0.25, 0.3) is 0 Å². The molecule has 2 aliphatic heterocycles. The van der Waals surface area contributed by atoms with Crippen molar-refractivity contribution in [1.29, 1.82) is 5.26 Å². The number of nitrogens with zero attached hydrogens (tertiary/aromatic N) is 3. The fourth-order valence-electron chi connectivity index (χ4n) is 3.42. The number of rotatable bonds is 3. The molecule has 1 N–H and O–H groups in total. The van der Waals surface area contributed by atoms with Crippen LogP contribution in [0.1, 0.15) is 18.4 Å². The highest BCUT2D eigenvalue weighted by atomic mass is 32.2. The Bertz CT molecular complexity index is 647. The van der Waals surface area contributed by atoms with Crippen LogP contribution < -0.4 is 10.1 Å². The molecule has 2 amide bonds. The smallest absolute Gasteiger partial charge is 0.321 e. The molecule has 2 saturated heterocycles. The molecule has 2 fully saturated rings. The number of carbonyl (C=O) groups excluding carboxylic acids is 1. The molecule has 2 aliphatic rings. The standard InChI is InChI=1S/C18H24N4O2S/c1-24-17-3-2-15(12-14(17)13-19)20-18(23)22-8-6-21(7-9-22)16-4-10-25-11-5-16/h2-3,12,16H,4-11H2,1H3,(H,20,23). The molecule has 0 spiro atoms. The van der Waals surface area contributed by atoms with Crippen molar-refractivity contribution in [3.05, 3.63) is 23.8 Å². The Kier molecular flexibility index (Phi) is 6.05. The molecule has 0 radical (unpaired) electrons. The van der Waals surface area contributed by atoms with E-state index in [0.29, 0.717) is 23.0 Å². The van der Waals surface area contributed by atoms with Crippen LogP contribution in [0.15, 0.2) is 18.2 Å². The third-order valence-corrected chi connectivity index (χ3v) is 5.93. The molecule has 0 aliphatic carbocycles. The van der Waals surface area contributed by atoms with Crippen molar-refractivity contribution in [2.45, 2.75) is 18.9 Å². The third kappa shape index (κ3) is 4.39. The molecule has 6 nitrogen and oxygen atoms in total. The first-order chi connectivity index (χ1) is 12.2. The van der Waals surface area contributed by atoms with Gasteiger partial charge >= 0.3 is 6.03 Å². The molecule has 0 unspecified atom stereocenters. The van der Waals surface area contributed by atoms with Gasteiger partial charge in [0, 0.05) is 37.9 Å². The van der Waals surface area contributed by atoms with Gasteiger partial charge in [0.1, 0.15) is 11.8 Å². The lowest BCUT2D eigenvalue weighted by atomic mass is 10.1. The van der Waals surface area contributed by atoms with Crippen molar-refractivity contribution < 1.29 is 9.53 Å². The Morgan fingerprint density at radius 2 is 2.00 bits per heavy atom. The van der Waals surface area contributed by atoms with Crippen molar-refractivity contribution >= 4 is 23.5 Å². The molecule has 2 heterocycles. The molecule has 7 heteroatoms. The number of piperazine rings is 1. The number of urea groups is 1. The summed E-state index contributed by atoms with van der Waals surface area (Å²) in [5.41, 5.74) is 1.04. The molecular formula is C18H24N4O2S. The number of nitriles is 1. The quantitative estimate of drug-likeness (QED) is 0.897. The third-order valence-electron chi connectivity index (χ3n) is 4.88. The fourth-order valence-corrected chi connectivity index (χ4v) is 4.50. The lowest BCUT2D eigenvalue weighted by Gasteiger charge is -2.40. The first kappa shape index (κ1) is 17.9. The van der Waals surface area contributed by atoms with E-state index in [4.69, 9.17) is 10.00 Å². The zero-order chi connectivity index (χ0) is 17.6. The molecule has 0 saturated carbocycles. The van der Waals surface area contributed by atoms with Crippen molar-refractivity contribution in [3.63, 3.8) is 0 Å². The van der Waals surface area contributed by atoms with E-state index in [-0.39, 0.29) is 6.03 Å². The fraction of sp³-hybridized carbons (Fsp3) is 0.556. The van der Waals surface area contributed by atoms with Gasteiger partial charge < -0.3 is 15.0 Å². The minimum atomic E-state index is -0.104. The van der Waals surface area contributed by atoms with Crippen molar-refractivity contribution in [2.75, 3.05) is 50.1 Å². The Balaban J connectivity index is 1.53. The van der Waals surface area contributed by atoms with Crippen LogP contribution in [0.3, 0.4) is 0 Å². The summed E-state index contributed by atoms with van der Waals surface area (Å²) in [5.74, 6) is 3.02. The van der Waals surface area contributed by atoms with Gasteiger partial charge in [-0.05, 0) is 42.5 Å². The lowest BCUT2D eigenvalue weighted by molar-refractivity contribution is 0.108. The number of anilines is 1. The van der Waals surface area contributed by atoms with Crippen LogP contribution in [-0.4, -0.2) is 66.7 Å². The first-order valence-electron chi connectivity index (χ1n) is 8.67. The number of benzene rings is 1. The summed E-state index contributed by atoms with van der Waals surface area (Å²) in [6.45, 7) is 3.37. The SMILES string of the molecule is COc1ccc(NC(=O)N2CCN(C3CCSCC3)CC2)cc1C#N. The maximum atomic E-state index is 12.5. The van der Waals surface area contributed by atoms with E-state index in [1.54, 1.807) is 18.2 Å². The van der Waals surface area contributed by atoms with Crippen LogP contribution in [0.5, 0.6) is 5.75 Å². The van der Waals surface area contributed by atoms with E-state index < -0.39 is 0 Å². The minimum absolute atomic E-state index is 0.104. The number of thioether (sulfide) groups is 1. The topological polar surface area (TPSA) is 68.6 Å². The molecule has 1 aromatic carbocycles. The van der Waals surface area contributed by atoms with Crippen molar-refractivity contribution in [3.8, 4) is 11.8 Å². The summed E-state index contributed by atoms with van der Waals surface area (Å²) < 4.78 is 5.13. The van der Waals surface area contributed by atoms with E-state index in [9.17, 15) is 4.79 Å². The number of hydrogen-bond donors (Lipinski definition) is 1. The Morgan fingerprint density at radius 3 is 2.64 bits per heavy atom. The second kappa shape index (κ2) is 8.45. The van der Waals surface area contributed by atoms with Gasteiger partial charge in [-0.3, -0.25) is 4.90 Å². The maximum Gasteiger partial charge on any atom is 0.321 e. The first-order valence-corrected chi connectivity index (χ1v) is 9.82. The summed E-state index contributed by atoms with van der Waals surface area (Å²) in [6, 6.07) is 7.77. The second-order valence-electron chi connectivity index (χ2n) is 6.32. The minimum Gasteiger partial charge on any atom is -0.495 e. The highest BCUT2D eigenvalue weighted by molar-refractivity contribution is 7.99. The predicted molar refractivity (Wildman–Crippen MR) is 100 cm³/mol. The van der Waals surface area contributed by atoms with E-state index in [0.717, 1.165) is 26.2 Å². The maximum absolute atomic E-state index is 12.5. The zero-order valence-electron chi connectivity index (χ0n) is 14.5. The summed E-state index contributed by atoms with van der Waals surface area (Å²) in [7, 11) is 1.53. The number of nitrogens with one attached hydrogen (secondary N) is 1. The number of methoxy groups -OCH3 is 1. The van der Waals surface area contributed by atoms with Crippen LogP contribution >= 0.6 is 11.8 Å². The van der Waals surface area contributed by atoms with Crippen LogP contribution in [0.4, 0.5) is 10.5 Å². The summed E-state index contributed by atoms with van der Waals surface area (Å²) in [6.07, 6.45) is 2.53. The normalized spacial score (nSPS) is 19.3. The van der Waals surface area contributed by atoms with Gasteiger partial charge in [-0.15, -0.1) is 0 Å². The second-order valence-corrected chi connectivity index (χ2v) is 7.55. The number of ether oxygens (including phenoxy) is 1. The van der Waals surface area contributed by atoms with Crippen molar-refractivity contribution in [1.82, 2.24) is 9.80 Å². The number of amides is 2. The van der Waals surface area contributed by atoms with Crippen LogP contribution in [0.2, 0.25) is 0 Å². The molecule has 1 aromatic rings.